The van der Waals surface area contributed by atoms with Crippen LogP contribution in [0.5, 0.6) is 0 Å². The molecule has 0 spiro atoms. The molecule has 0 bridgehead atoms. The molecule has 0 radical (unpaired) electrons. The zero-order valence-electron chi connectivity index (χ0n) is 37.9. The summed E-state index contributed by atoms with van der Waals surface area (Å²) in [6.45, 7) is 5.23. The first-order valence-electron chi connectivity index (χ1n) is 26.5. The van der Waals surface area contributed by atoms with Gasteiger partial charge in [-0.1, -0.05) is 57.8 Å². The fourth-order valence-electron chi connectivity index (χ4n) is 16.9. The lowest BCUT2D eigenvalue weighted by atomic mass is 9.70. The molecular formula is C54H78N6S. The molecule has 11 aliphatic rings. The van der Waals surface area contributed by atoms with E-state index in [1.807, 2.05) is 5.57 Å². The van der Waals surface area contributed by atoms with E-state index in [0.717, 1.165) is 47.0 Å². The van der Waals surface area contributed by atoms with Crippen LogP contribution in [-0.4, -0.2) is 50.5 Å². The van der Waals surface area contributed by atoms with Gasteiger partial charge in [-0.2, -0.15) is 17.0 Å². The number of thioether (sulfide) groups is 1. The molecule has 3 saturated carbocycles. The number of fused-ring (bicyclic) bond motifs is 8. The average Bonchev–Trinajstić information content (AvgIpc) is 3.97. The van der Waals surface area contributed by atoms with Crippen LogP contribution < -0.4 is 16.0 Å². The minimum Gasteiger partial charge on any atom is -0.367 e. The van der Waals surface area contributed by atoms with Crippen molar-refractivity contribution in [3.63, 3.8) is 0 Å². The first-order chi connectivity index (χ1) is 30.0. The lowest BCUT2D eigenvalue weighted by Gasteiger charge is -2.55. The van der Waals surface area contributed by atoms with Gasteiger partial charge in [-0.25, -0.2) is 0 Å². The molecule has 15 atom stereocenters. The fourth-order valence-corrected chi connectivity index (χ4v) is 18.8. The number of allylic oxidation sites excluding steroid dienone is 4. The highest BCUT2D eigenvalue weighted by molar-refractivity contribution is 8.00. The Morgan fingerprint density at radius 2 is 1.43 bits per heavy atom. The Morgan fingerprint density at radius 3 is 2.23 bits per heavy atom. The van der Waals surface area contributed by atoms with Crippen molar-refractivity contribution in [3.8, 4) is 6.07 Å². The third-order valence-corrected chi connectivity index (χ3v) is 21.4. The zero-order valence-corrected chi connectivity index (χ0v) is 38.7. The summed E-state index contributed by atoms with van der Waals surface area (Å²) in [7, 11) is 0. The van der Waals surface area contributed by atoms with Crippen molar-refractivity contribution in [2.75, 3.05) is 0 Å². The number of rotatable bonds is 5. The molecule has 12 rings (SSSR count). The maximum Gasteiger partial charge on any atom is 0.0818 e. The molecule has 2 saturated heterocycles. The minimum absolute atomic E-state index is 0.0386. The van der Waals surface area contributed by atoms with E-state index in [1.165, 1.54) is 148 Å². The van der Waals surface area contributed by atoms with E-state index in [1.54, 1.807) is 33.8 Å². The predicted molar refractivity (Wildman–Crippen MR) is 250 cm³/mol. The summed E-state index contributed by atoms with van der Waals surface area (Å²) >= 11 is 2.33. The van der Waals surface area contributed by atoms with Crippen LogP contribution in [0.15, 0.2) is 35.1 Å². The largest absolute Gasteiger partial charge is 0.367 e. The summed E-state index contributed by atoms with van der Waals surface area (Å²) in [5.41, 5.74) is 12.1. The number of aromatic nitrogens is 1. The zero-order chi connectivity index (χ0) is 40.8. The van der Waals surface area contributed by atoms with Crippen molar-refractivity contribution < 1.29 is 0 Å². The van der Waals surface area contributed by atoms with Crippen LogP contribution >= 0.6 is 11.8 Å². The molecular weight excluding hydrogens is 765 g/mol. The molecule has 8 aliphatic carbocycles. The van der Waals surface area contributed by atoms with Gasteiger partial charge < -0.3 is 9.47 Å². The van der Waals surface area contributed by atoms with E-state index in [2.05, 4.69) is 75.3 Å². The molecule has 7 heteroatoms. The molecule has 1 aromatic rings. The quantitative estimate of drug-likeness (QED) is 0.257. The Labute approximate surface area is 373 Å². The topological polar surface area (TPSA) is 68.0 Å². The van der Waals surface area contributed by atoms with E-state index in [0.29, 0.717) is 36.0 Å². The van der Waals surface area contributed by atoms with Gasteiger partial charge in [-0.15, -0.1) is 0 Å². The smallest absolute Gasteiger partial charge is 0.0818 e. The second-order valence-corrected chi connectivity index (χ2v) is 24.2. The van der Waals surface area contributed by atoms with Crippen LogP contribution in [0, 0.1) is 58.7 Å². The highest BCUT2D eigenvalue weighted by atomic mass is 32.2. The fraction of sp³-hybridized carbons (Fsp3) is 0.796. The van der Waals surface area contributed by atoms with Crippen molar-refractivity contribution in [2.45, 2.75) is 221 Å². The van der Waals surface area contributed by atoms with Gasteiger partial charge in [0.05, 0.1) is 36.5 Å². The number of hydrogen-bond donors (Lipinski definition) is 3. The third-order valence-electron chi connectivity index (χ3n) is 19.6. The van der Waals surface area contributed by atoms with Gasteiger partial charge in [0.2, 0.25) is 0 Å². The van der Waals surface area contributed by atoms with Crippen molar-refractivity contribution in [2.24, 2.45) is 47.3 Å². The Morgan fingerprint density at radius 1 is 0.672 bits per heavy atom. The minimum atomic E-state index is 0.0386. The molecule has 1 aromatic heterocycles. The Bertz CT molecular complexity index is 1910. The van der Waals surface area contributed by atoms with Crippen molar-refractivity contribution in [1.29, 1.82) is 5.26 Å². The summed E-state index contributed by atoms with van der Waals surface area (Å²) in [4.78, 5) is 3.20. The highest BCUT2D eigenvalue weighted by Gasteiger charge is 2.55. The molecule has 61 heavy (non-hydrogen) atoms. The summed E-state index contributed by atoms with van der Waals surface area (Å²) < 4.78 is 2.92. The second kappa shape index (κ2) is 16.8. The molecule has 330 valence electrons. The SMILES string of the molecule is CC1CCCC2=C1N(C1CC(n3c4c(c5c3CCCC5)CCCC4)C(C#N)CC1C1NC(C3=CCC4SC5CC=CCC5C4C3)NC(C3CCCCC3)N1)C1C(C)CCCC21. The molecule has 5 fully saturated rings. The predicted octanol–water partition coefficient (Wildman–Crippen LogP) is 11.0. The highest BCUT2D eigenvalue weighted by Crippen LogP contribution is 2.57. The summed E-state index contributed by atoms with van der Waals surface area (Å²) in [5, 5.41) is 26.4. The Balaban J connectivity index is 0.947. The van der Waals surface area contributed by atoms with E-state index in [-0.39, 0.29) is 24.3 Å². The number of hydrogen-bond acceptors (Lipinski definition) is 6. The molecule has 3 N–H and O–H groups in total. The second-order valence-electron chi connectivity index (χ2n) is 22.7. The van der Waals surface area contributed by atoms with Gasteiger partial charge in [0, 0.05) is 51.5 Å². The van der Waals surface area contributed by atoms with Crippen molar-refractivity contribution in [1.82, 2.24) is 25.4 Å². The molecule has 0 aromatic carbocycles. The summed E-state index contributed by atoms with van der Waals surface area (Å²) in [6.07, 6.45) is 40.9. The normalized spacial score (nSPS) is 43.7. The van der Waals surface area contributed by atoms with Gasteiger partial charge in [0.25, 0.3) is 0 Å². The van der Waals surface area contributed by atoms with Crippen LogP contribution in [0.25, 0.3) is 0 Å². The third kappa shape index (κ3) is 6.94. The maximum atomic E-state index is 11.5. The van der Waals surface area contributed by atoms with Crippen LogP contribution in [-0.2, 0) is 25.7 Å². The van der Waals surface area contributed by atoms with Crippen LogP contribution in [0.2, 0.25) is 0 Å². The van der Waals surface area contributed by atoms with Gasteiger partial charge in [-0.05, 0) is 187 Å². The van der Waals surface area contributed by atoms with E-state index < -0.39 is 0 Å². The number of nitrogens with zero attached hydrogens (tertiary/aromatic N) is 3. The summed E-state index contributed by atoms with van der Waals surface area (Å²) in [5.74, 6) is 4.84. The van der Waals surface area contributed by atoms with Crippen LogP contribution in [0.3, 0.4) is 0 Å². The molecule has 15 unspecified atom stereocenters. The van der Waals surface area contributed by atoms with E-state index >= 15 is 0 Å². The molecule has 0 amide bonds. The first kappa shape index (κ1) is 40.5. The Hall–Kier alpha value is -1.98. The molecule has 6 nitrogen and oxygen atoms in total. The lowest BCUT2D eigenvalue weighted by Crippen LogP contribution is -2.73. The van der Waals surface area contributed by atoms with Crippen molar-refractivity contribution in [3.05, 3.63) is 57.6 Å². The monoisotopic (exact) mass is 843 g/mol. The van der Waals surface area contributed by atoms with Crippen LogP contribution in [0.1, 0.15) is 177 Å². The number of nitriles is 1. The maximum absolute atomic E-state index is 11.5. The van der Waals surface area contributed by atoms with E-state index in [9.17, 15) is 5.26 Å². The van der Waals surface area contributed by atoms with Gasteiger partial charge in [0.1, 0.15) is 0 Å². The van der Waals surface area contributed by atoms with E-state index in [4.69, 9.17) is 0 Å². The van der Waals surface area contributed by atoms with Gasteiger partial charge >= 0.3 is 0 Å². The summed E-state index contributed by atoms with van der Waals surface area (Å²) in [6, 6.07) is 4.46. The van der Waals surface area contributed by atoms with Gasteiger partial charge in [0.15, 0.2) is 0 Å². The molecule has 4 heterocycles. The van der Waals surface area contributed by atoms with Crippen molar-refractivity contribution >= 4 is 11.8 Å². The van der Waals surface area contributed by atoms with Gasteiger partial charge in [-0.3, -0.25) is 16.0 Å². The molecule has 3 aliphatic heterocycles. The lowest BCUT2D eigenvalue weighted by molar-refractivity contribution is -0.0115. The Kier molecular flexibility index (Phi) is 11.1. The average molecular weight is 843 g/mol. The standard InChI is InChI=1S/C54H78N6S/c1-32-14-12-21-40-41-22-13-15-33(2)51(41)60(50(32)40)47-30-46(59-44-23-9-6-18-37(44)38-19-7-10-24-45(38)59)36(31-55)29-43(47)54-57-52(34-16-4-3-5-17-34)56-53(58-54)35-26-27-49-42(28-35)39-20-8-11-25-48(39)61-49/h8,11,26,32-34,36,39-40,42-43,46-50,52-54,56-58H,3-7,9-10,12-25,27-30H2,1-2H3. The number of nitrogens with one attached hydrogen (secondary N) is 3. The van der Waals surface area contributed by atoms with Crippen LogP contribution in [0.4, 0.5) is 0 Å². The first-order valence-corrected chi connectivity index (χ1v) is 27.4.